The van der Waals surface area contributed by atoms with Gasteiger partial charge in [-0.25, -0.2) is 0 Å². The van der Waals surface area contributed by atoms with Crippen LogP contribution in [0.2, 0.25) is 0 Å². The van der Waals surface area contributed by atoms with Crippen molar-refractivity contribution in [2.75, 3.05) is 0 Å². The molecule has 0 aromatic rings. The molecule has 2 nitrogen and oxygen atoms in total. The molecule has 0 aromatic heterocycles. The van der Waals surface area contributed by atoms with Crippen molar-refractivity contribution >= 4 is 0 Å². The normalized spacial score (nSPS) is 47.1. The Hall–Kier alpha value is -0.0800. The molecule has 0 aliphatic carbocycles. The SMILES string of the molecule is O[C@@H]1C[C@H]2CCCC[C@@H]1N2. The molecule has 0 aromatic carbocycles. The van der Waals surface area contributed by atoms with E-state index in [1.54, 1.807) is 0 Å². The van der Waals surface area contributed by atoms with Gasteiger partial charge in [0.2, 0.25) is 0 Å². The van der Waals surface area contributed by atoms with Crippen LogP contribution < -0.4 is 5.32 Å². The van der Waals surface area contributed by atoms with Crippen LogP contribution in [0, 0.1) is 0 Å². The molecule has 3 atom stereocenters. The Kier molecular flexibility index (Phi) is 1.66. The lowest BCUT2D eigenvalue weighted by Gasteiger charge is -2.12. The third kappa shape index (κ3) is 1.06. The second-order valence-electron chi connectivity index (χ2n) is 3.56. The van der Waals surface area contributed by atoms with Gasteiger partial charge in [0.25, 0.3) is 0 Å². The van der Waals surface area contributed by atoms with Crippen LogP contribution in [0.15, 0.2) is 0 Å². The molecular weight excluding hydrogens is 126 g/mol. The molecule has 58 valence electrons. The number of aliphatic hydroxyl groups is 1. The summed E-state index contributed by atoms with van der Waals surface area (Å²) in [6.45, 7) is 0. The van der Waals surface area contributed by atoms with E-state index in [4.69, 9.17) is 0 Å². The molecule has 2 N–H and O–H groups in total. The van der Waals surface area contributed by atoms with Crippen LogP contribution in [-0.2, 0) is 0 Å². The van der Waals surface area contributed by atoms with Gasteiger partial charge in [-0.1, -0.05) is 12.8 Å². The number of hydrogen-bond donors (Lipinski definition) is 2. The lowest BCUT2D eigenvalue weighted by molar-refractivity contribution is 0.150. The monoisotopic (exact) mass is 141 g/mol. The van der Waals surface area contributed by atoms with Gasteiger partial charge < -0.3 is 10.4 Å². The number of aliphatic hydroxyl groups excluding tert-OH is 1. The summed E-state index contributed by atoms with van der Waals surface area (Å²) < 4.78 is 0. The number of fused-ring (bicyclic) bond motifs is 2. The Balaban J connectivity index is 2.03. The Morgan fingerprint density at radius 2 is 2.00 bits per heavy atom. The molecular formula is C8H15NO. The molecule has 2 heterocycles. The molecule has 0 amide bonds. The highest BCUT2D eigenvalue weighted by molar-refractivity contribution is 4.92. The minimum absolute atomic E-state index is 0.0506. The Morgan fingerprint density at radius 1 is 1.20 bits per heavy atom. The van der Waals surface area contributed by atoms with E-state index in [0.29, 0.717) is 12.1 Å². The summed E-state index contributed by atoms with van der Waals surface area (Å²) in [5.41, 5.74) is 0. The van der Waals surface area contributed by atoms with Gasteiger partial charge >= 0.3 is 0 Å². The molecule has 2 bridgehead atoms. The van der Waals surface area contributed by atoms with Crippen molar-refractivity contribution in [3.63, 3.8) is 0 Å². The molecule has 2 heteroatoms. The lowest BCUT2D eigenvalue weighted by atomic mass is 9.99. The predicted octanol–water partition coefficient (Wildman–Crippen LogP) is 0.652. The van der Waals surface area contributed by atoms with Crippen LogP contribution in [0.5, 0.6) is 0 Å². The first-order valence-electron chi connectivity index (χ1n) is 4.30. The largest absolute Gasteiger partial charge is 0.391 e. The second-order valence-corrected chi connectivity index (χ2v) is 3.56. The van der Waals surface area contributed by atoms with Gasteiger partial charge in [-0.2, -0.15) is 0 Å². The van der Waals surface area contributed by atoms with Crippen LogP contribution in [0.1, 0.15) is 32.1 Å². The Labute approximate surface area is 61.6 Å². The summed E-state index contributed by atoms with van der Waals surface area (Å²) in [4.78, 5) is 0. The van der Waals surface area contributed by atoms with E-state index in [-0.39, 0.29) is 6.10 Å². The smallest absolute Gasteiger partial charge is 0.0708 e. The molecule has 0 saturated carbocycles. The molecule has 2 fully saturated rings. The van der Waals surface area contributed by atoms with Gasteiger partial charge in [-0.3, -0.25) is 0 Å². The Morgan fingerprint density at radius 3 is 2.90 bits per heavy atom. The summed E-state index contributed by atoms with van der Waals surface area (Å²) in [5.74, 6) is 0. The van der Waals surface area contributed by atoms with Gasteiger partial charge in [0, 0.05) is 12.1 Å². The highest BCUT2D eigenvalue weighted by Gasteiger charge is 2.33. The molecule has 0 spiro atoms. The fraction of sp³-hybridized carbons (Fsp3) is 1.00. The van der Waals surface area contributed by atoms with E-state index in [2.05, 4.69) is 5.32 Å². The molecule has 0 radical (unpaired) electrons. The highest BCUT2D eigenvalue weighted by atomic mass is 16.3. The van der Waals surface area contributed by atoms with Crippen molar-refractivity contribution in [3.8, 4) is 0 Å². The molecule has 10 heavy (non-hydrogen) atoms. The first-order valence-corrected chi connectivity index (χ1v) is 4.30. The van der Waals surface area contributed by atoms with Crippen molar-refractivity contribution in [2.45, 2.75) is 50.3 Å². The summed E-state index contributed by atoms with van der Waals surface area (Å²) in [6.07, 6.45) is 6.03. The summed E-state index contributed by atoms with van der Waals surface area (Å²) >= 11 is 0. The van der Waals surface area contributed by atoms with Crippen LogP contribution in [0.4, 0.5) is 0 Å². The van der Waals surface area contributed by atoms with Crippen molar-refractivity contribution in [1.82, 2.24) is 5.32 Å². The molecule has 2 aliphatic heterocycles. The standard InChI is InChI=1S/C8H15NO/c10-8-5-6-3-1-2-4-7(8)9-6/h6-10H,1-5H2/t6-,7+,8-/m1/s1. The van der Waals surface area contributed by atoms with Gasteiger partial charge in [0.15, 0.2) is 0 Å². The minimum Gasteiger partial charge on any atom is -0.391 e. The summed E-state index contributed by atoms with van der Waals surface area (Å²) in [7, 11) is 0. The van der Waals surface area contributed by atoms with Crippen LogP contribution >= 0.6 is 0 Å². The quantitative estimate of drug-likeness (QED) is 0.519. The predicted molar refractivity (Wildman–Crippen MR) is 39.8 cm³/mol. The van der Waals surface area contributed by atoms with Crippen LogP contribution in [0.3, 0.4) is 0 Å². The number of rotatable bonds is 0. The number of hydrogen-bond acceptors (Lipinski definition) is 2. The minimum atomic E-state index is -0.0506. The maximum atomic E-state index is 9.46. The van der Waals surface area contributed by atoms with E-state index in [0.717, 1.165) is 6.42 Å². The molecule has 2 saturated heterocycles. The number of nitrogens with one attached hydrogen (secondary N) is 1. The van der Waals surface area contributed by atoms with Crippen molar-refractivity contribution in [1.29, 1.82) is 0 Å². The first-order chi connectivity index (χ1) is 4.86. The Bertz CT molecular complexity index is 126. The van der Waals surface area contributed by atoms with Crippen LogP contribution in [0.25, 0.3) is 0 Å². The topological polar surface area (TPSA) is 32.3 Å². The maximum absolute atomic E-state index is 9.46. The van der Waals surface area contributed by atoms with Crippen molar-refractivity contribution in [2.24, 2.45) is 0 Å². The third-order valence-electron chi connectivity index (χ3n) is 2.76. The fourth-order valence-electron chi connectivity index (χ4n) is 2.17. The average Bonchev–Trinajstić information content (AvgIpc) is 2.18. The van der Waals surface area contributed by atoms with E-state index in [9.17, 15) is 5.11 Å². The summed E-state index contributed by atoms with van der Waals surface area (Å²) in [5, 5.41) is 12.9. The van der Waals surface area contributed by atoms with E-state index < -0.39 is 0 Å². The zero-order chi connectivity index (χ0) is 6.97. The van der Waals surface area contributed by atoms with E-state index >= 15 is 0 Å². The lowest BCUT2D eigenvalue weighted by Crippen LogP contribution is -2.31. The molecule has 2 aliphatic rings. The average molecular weight is 141 g/mol. The fourth-order valence-corrected chi connectivity index (χ4v) is 2.17. The second kappa shape index (κ2) is 2.51. The zero-order valence-corrected chi connectivity index (χ0v) is 6.21. The van der Waals surface area contributed by atoms with Gasteiger partial charge in [0.05, 0.1) is 6.10 Å². The summed E-state index contributed by atoms with van der Waals surface area (Å²) in [6, 6.07) is 1.05. The van der Waals surface area contributed by atoms with Gasteiger partial charge in [0.1, 0.15) is 0 Å². The maximum Gasteiger partial charge on any atom is 0.0708 e. The third-order valence-corrected chi connectivity index (χ3v) is 2.76. The van der Waals surface area contributed by atoms with Crippen LogP contribution in [-0.4, -0.2) is 23.3 Å². The molecule has 0 unspecified atom stereocenters. The highest BCUT2D eigenvalue weighted by Crippen LogP contribution is 2.25. The van der Waals surface area contributed by atoms with Gasteiger partial charge in [-0.05, 0) is 19.3 Å². The van der Waals surface area contributed by atoms with E-state index in [1.807, 2.05) is 0 Å². The molecule has 2 rings (SSSR count). The van der Waals surface area contributed by atoms with Crippen molar-refractivity contribution < 1.29 is 5.11 Å². The van der Waals surface area contributed by atoms with E-state index in [1.165, 1.54) is 25.7 Å². The van der Waals surface area contributed by atoms with Crippen molar-refractivity contribution in [3.05, 3.63) is 0 Å². The zero-order valence-electron chi connectivity index (χ0n) is 6.21. The first kappa shape index (κ1) is 6.62. The van der Waals surface area contributed by atoms with Gasteiger partial charge in [-0.15, -0.1) is 0 Å².